The molecule has 3 fully saturated rings. The van der Waals surface area contributed by atoms with Crippen molar-refractivity contribution in [1.29, 1.82) is 0 Å². The Kier molecular flexibility index (Phi) is 31.1. The number of alkyl halides is 1. The number of sulfonamides is 1. The van der Waals surface area contributed by atoms with Crippen LogP contribution in [-0.4, -0.2) is 288 Å². The summed E-state index contributed by atoms with van der Waals surface area (Å²) >= 11 is 0. The van der Waals surface area contributed by atoms with E-state index in [0.29, 0.717) is 60.3 Å². The quantitative estimate of drug-likeness (QED) is 0.0244. The number of aliphatic hydroxyl groups excluding tert-OH is 2. The molecule has 13 rings (SSSR count). The van der Waals surface area contributed by atoms with Gasteiger partial charge in [0, 0.05) is 113 Å². The van der Waals surface area contributed by atoms with Gasteiger partial charge in [0.1, 0.15) is 19.2 Å². The predicted molar refractivity (Wildman–Crippen MR) is 480 cm³/mol. The van der Waals surface area contributed by atoms with Gasteiger partial charge in [-0.3, -0.25) is 52.7 Å². The van der Waals surface area contributed by atoms with Crippen LogP contribution in [0.4, 0.5) is 4.39 Å². The molecule has 0 saturated heterocycles. The molecule has 0 radical (unpaired) electrons. The SMILES string of the molecule is C[C@@H]1C[C@H]2[C@@H]3CCC4=CC(=O)C=C[C@]4(C)[C@@]3(F)[C@@H](O)C[C@]2(C)[C@@]1(O)C(=O)NCCOCCOCC(=O)N(CCCCN)CC(=O)N(CC(=O)N(CCc1c[nH]c2ccccc12)CC(=O)N(CCc1c[nH]c2ccccc12)CC(=O)N(CCc1ccc(S(N)(=O)=O)cc1)CC(=O)N(CCc1c[nH]c2ccccc12)CC(=O)NCC(=O)N[C@H](CO)C(N)=O)Cc1cccc2c1OCO2. The molecule has 700 valence electrons. The van der Waals surface area contributed by atoms with Crippen molar-refractivity contribution in [1.82, 2.24) is 60.3 Å². The van der Waals surface area contributed by atoms with Gasteiger partial charge >= 0.3 is 0 Å². The van der Waals surface area contributed by atoms with Crippen LogP contribution >= 0.6 is 0 Å². The fourth-order valence-electron chi connectivity index (χ4n) is 19.4. The van der Waals surface area contributed by atoms with E-state index in [2.05, 4.69) is 30.9 Å². The molecule has 5 aromatic carbocycles. The average molecular weight is 1830 g/mol. The second-order valence-electron chi connectivity index (χ2n) is 34.8. The number of rotatable bonds is 45. The third kappa shape index (κ3) is 21.9. The zero-order valence-electron chi connectivity index (χ0n) is 73.7. The van der Waals surface area contributed by atoms with Gasteiger partial charge in [-0.15, -0.1) is 0 Å². The number of primary amides is 1. The Labute approximate surface area is 757 Å². The van der Waals surface area contributed by atoms with Crippen LogP contribution in [-0.2, 0) is 104 Å². The molecule has 1 aliphatic heterocycles. The van der Waals surface area contributed by atoms with Gasteiger partial charge in [-0.05, 0) is 160 Å². The molecule has 0 unspecified atom stereocenters. The molecule has 35 nitrogen and oxygen atoms in total. The second kappa shape index (κ2) is 42.3. The Hall–Kier alpha value is -12.2. The molecule has 0 spiro atoms. The molecule has 131 heavy (non-hydrogen) atoms. The molecule has 5 aliphatic rings. The number of fused-ring (bicyclic) bond motifs is 9. The molecule has 3 aromatic heterocycles. The maximum Gasteiger partial charge on any atom is 0.252 e. The highest BCUT2D eigenvalue weighted by Gasteiger charge is 2.76. The Morgan fingerprint density at radius 1 is 0.618 bits per heavy atom. The van der Waals surface area contributed by atoms with E-state index in [9.17, 15) is 52.5 Å². The van der Waals surface area contributed by atoms with Crippen LogP contribution in [0.25, 0.3) is 32.7 Å². The summed E-state index contributed by atoms with van der Waals surface area (Å²) < 4.78 is 66.1. The van der Waals surface area contributed by atoms with Crippen molar-refractivity contribution in [3.8, 4) is 11.5 Å². The van der Waals surface area contributed by atoms with Crippen LogP contribution in [0, 0.1) is 28.6 Å². The molecule has 3 saturated carbocycles. The number of allylic oxidation sites excluding steroid dienone is 4. The lowest BCUT2D eigenvalue weighted by Crippen LogP contribution is -2.70. The largest absolute Gasteiger partial charge is 0.454 e. The standard InChI is InChI=1S/C94H116FN15O20S/c1-60-43-73-72-26-23-66-44-67(112)27-32-91(66,2)93(72,95)79(113)45-92(73,3)94(60,124)90(123)99-34-40-127-41-42-128-58-87(121)105(35-11-10-33-96)55-86(120)110(50-65-13-12-20-78-88(65)130-59-129-78)56-85(119)109(39-31-64-48-102-76-19-9-6-16-71(64)76)54-84(118)108(38-30-63-47-101-75-18-8-5-15-70(63)75)53-83(117)107(36-28-61-21-24-68(25-22-61)131(98,125)126)52-82(116)106(37-29-62-46-100-74-17-7-4-14-69(62)74)51-81(115)103-49-80(114)104-77(57-111)89(97)122/h4-9,12-22,24-25,27,32,44,46-48,60,72-73,77,79,100-102,111,113,124H,10-11,23,26,28-31,33-43,45,49-59,96H2,1-3H3,(H2,97,122)(H,99,123)(H,103,115)(H,104,114)(H2,98,125,126)/t60-,72+,73+,77-,79+,91+,92+,93+,94+/m1/s1. The molecule has 8 aromatic rings. The van der Waals surface area contributed by atoms with Crippen molar-refractivity contribution in [2.24, 2.45) is 45.2 Å². The molecule has 9 atom stereocenters. The van der Waals surface area contributed by atoms with E-state index >= 15 is 28.4 Å². The Morgan fingerprint density at radius 2 is 1.15 bits per heavy atom. The summed E-state index contributed by atoms with van der Waals surface area (Å²) in [5.74, 6) is -9.07. The number of halogens is 1. The third-order valence-electron chi connectivity index (χ3n) is 26.7. The van der Waals surface area contributed by atoms with Gasteiger partial charge in [0.25, 0.3) is 5.91 Å². The number of ketones is 1. The maximum atomic E-state index is 17.9. The van der Waals surface area contributed by atoms with Crippen molar-refractivity contribution in [3.63, 3.8) is 0 Å². The average Bonchev–Trinajstić information content (AvgIpc) is 1.56. The van der Waals surface area contributed by atoms with Gasteiger partial charge < -0.3 is 106 Å². The molecule has 37 heteroatoms. The highest BCUT2D eigenvalue weighted by atomic mass is 32.2. The van der Waals surface area contributed by atoms with Crippen LogP contribution in [0.3, 0.4) is 0 Å². The minimum Gasteiger partial charge on any atom is -0.454 e. The van der Waals surface area contributed by atoms with Crippen LogP contribution in [0.5, 0.6) is 11.5 Å². The minimum atomic E-state index is -4.14. The summed E-state index contributed by atoms with van der Waals surface area (Å²) in [7, 11) is -4.14. The number of hydrogen-bond donors (Lipinski definition) is 12. The summed E-state index contributed by atoms with van der Waals surface area (Å²) in [5.41, 5.74) is 10.9. The van der Waals surface area contributed by atoms with Gasteiger partial charge in [-0.25, -0.2) is 17.9 Å². The van der Waals surface area contributed by atoms with Crippen LogP contribution < -0.4 is 42.0 Å². The highest BCUT2D eigenvalue weighted by molar-refractivity contribution is 7.89. The first-order valence-corrected chi connectivity index (χ1v) is 45.7. The number of primary sulfonamides is 1. The number of carbonyl (C=O) groups excluding carboxylic acids is 11. The van der Waals surface area contributed by atoms with Crippen molar-refractivity contribution in [2.45, 2.75) is 120 Å². The fourth-order valence-corrected chi connectivity index (χ4v) is 19.9. The topological polar surface area (TPSA) is 500 Å². The minimum absolute atomic E-state index is 0.00511. The molecule has 4 heterocycles. The van der Waals surface area contributed by atoms with Crippen molar-refractivity contribution in [3.05, 3.63) is 185 Å². The number of unbranched alkanes of at least 4 members (excludes halogenated alkanes) is 1. The van der Waals surface area contributed by atoms with Crippen LogP contribution in [0.15, 0.2) is 163 Å². The lowest BCUT2D eigenvalue weighted by Gasteiger charge is -2.62. The van der Waals surface area contributed by atoms with E-state index in [4.69, 9.17) is 35.6 Å². The van der Waals surface area contributed by atoms with E-state index < -0.39 is 180 Å². The number of aromatic nitrogens is 3. The first-order valence-electron chi connectivity index (χ1n) is 44.2. The van der Waals surface area contributed by atoms with Crippen LogP contribution in [0.1, 0.15) is 87.1 Å². The molecule has 10 amide bonds. The molecule has 15 N–H and O–H groups in total. The number of benzene rings is 5. The van der Waals surface area contributed by atoms with E-state index in [1.54, 1.807) is 63.6 Å². The Morgan fingerprint density at radius 3 is 1.69 bits per heavy atom. The van der Waals surface area contributed by atoms with Crippen molar-refractivity contribution < 1.29 is 99.8 Å². The number of nitrogens with two attached hydrogens (primary N) is 3. The Balaban J connectivity index is 0.727. The third-order valence-corrected chi connectivity index (χ3v) is 27.6. The van der Waals surface area contributed by atoms with Crippen LogP contribution in [0.2, 0.25) is 0 Å². The fraction of sp³-hybridized carbons (Fsp3) is 0.457. The molecular weight excluding hydrogens is 1710 g/mol. The van der Waals surface area contributed by atoms with Gasteiger partial charge in [-0.1, -0.05) is 104 Å². The summed E-state index contributed by atoms with van der Waals surface area (Å²) in [6.07, 6.45) is 10.3. The molecular formula is C94H116FN15O20S. The highest BCUT2D eigenvalue weighted by Crippen LogP contribution is 2.70. The predicted octanol–water partition coefficient (Wildman–Crippen LogP) is 3.26. The second-order valence-corrected chi connectivity index (χ2v) is 36.4. The summed E-state index contributed by atoms with van der Waals surface area (Å²) in [5, 5.41) is 49.5. The molecule has 0 bridgehead atoms. The number of nitrogens with zero attached hydrogens (tertiary/aromatic N) is 6. The number of ether oxygens (including phenoxy) is 4. The number of aromatic amines is 3. The normalized spacial score (nSPS) is 20.8. The summed E-state index contributed by atoms with van der Waals surface area (Å²) in [6.45, 7) is -1.85. The van der Waals surface area contributed by atoms with Gasteiger partial charge in [0.05, 0.1) is 83.2 Å². The first kappa shape index (κ1) is 96.3. The van der Waals surface area contributed by atoms with E-state index in [1.807, 2.05) is 72.8 Å². The molecule has 4 aliphatic carbocycles. The van der Waals surface area contributed by atoms with E-state index in [-0.39, 0.29) is 122 Å². The monoisotopic (exact) mass is 1830 g/mol. The van der Waals surface area contributed by atoms with Crippen molar-refractivity contribution >= 4 is 108 Å². The van der Waals surface area contributed by atoms with E-state index in [0.717, 1.165) is 49.4 Å². The number of para-hydroxylation sites is 4. The van der Waals surface area contributed by atoms with Gasteiger partial charge in [-0.2, -0.15) is 0 Å². The number of carbonyl (C=O) groups is 11. The van der Waals surface area contributed by atoms with Gasteiger partial charge in [0.15, 0.2) is 28.6 Å². The van der Waals surface area contributed by atoms with E-state index in [1.165, 1.54) is 65.8 Å². The number of aliphatic hydroxyl groups is 3. The zero-order chi connectivity index (χ0) is 93.5. The number of amides is 10. The van der Waals surface area contributed by atoms with Gasteiger partial charge in [0.2, 0.25) is 70.0 Å². The summed E-state index contributed by atoms with van der Waals surface area (Å²) in [4.78, 5) is 175. The maximum absolute atomic E-state index is 17.9. The Bertz CT molecular complexity index is 5720. The lowest BCUT2D eigenvalue weighted by molar-refractivity contribution is -0.219. The number of hydrogen-bond acceptors (Lipinski definition) is 21. The lowest BCUT2D eigenvalue weighted by atomic mass is 9.44. The smallest absolute Gasteiger partial charge is 0.252 e. The van der Waals surface area contributed by atoms with Crippen molar-refractivity contribution in [2.75, 3.05) is 131 Å². The zero-order valence-corrected chi connectivity index (χ0v) is 74.5. The summed E-state index contributed by atoms with van der Waals surface area (Å²) in [6, 6.07) is 31.5. The number of H-pyrrole nitrogens is 3. The number of nitrogens with one attached hydrogen (secondary N) is 6. The first-order chi connectivity index (χ1) is 62.7.